The predicted octanol–water partition coefficient (Wildman–Crippen LogP) is 2.46. The second-order valence-electron chi connectivity index (χ2n) is 3.53. The minimum atomic E-state index is 0.612. The molecule has 2 N–H and O–H groups in total. The molecule has 0 saturated carbocycles. The average Bonchev–Trinajstić information content (AvgIpc) is 2.55. The molecule has 78 valence electrons. The minimum absolute atomic E-state index is 0.612. The van der Waals surface area contributed by atoms with E-state index in [0.29, 0.717) is 5.82 Å². The van der Waals surface area contributed by atoms with Gasteiger partial charge in [0.1, 0.15) is 0 Å². The largest absolute Gasteiger partial charge is 0.382 e. The van der Waals surface area contributed by atoms with Crippen LogP contribution >= 0.6 is 0 Å². The molecule has 2 rings (SSSR count). The van der Waals surface area contributed by atoms with Crippen molar-refractivity contribution < 1.29 is 0 Å². The van der Waals surface area contributed by atoms with Crippen molar-refractivity contribution in [2.24, 2.45) is 0 Å². The Morgan fingerprint density at radius 3 is 2.47 bits per heavy atom. The molecule has 3 nitrogen and oxygen atoms in total. The molecule has 0 fully saturated rings. The number of aromatic nitrogens is 2. The van der Waals surface area contributed by atoms with Crippen LogP contribution in [-0.4, -0.2) is 9.78 Å². The van der Waals surface area contributed by atoms with Crippen molar-refractivity contribution in [3.05, 3.63) is 36.0 Å². The smallest absolute Gasteiger partial charge is 0.153 e. The Morgan fingerprint density at radius 1 is 1.27 bits per heavy atom. The number of nitrogens with zero attached hydrogens (tertiary/aromatic N) is 2. The normalized spacial score (nSPS) is 10.5. The summed E-state index contributed by atoms with van der Waals surface area (Å²) in [4.78, 5) is 0. The Bertz CT molecular complexity index is 457. The SMILES string of the molecule is CCn1nc(N)c(-c2ccccc2)c1C. The third kappa shape index (κ3) is 1.61. The van der Waals surface area contributed by atoms with E-state index in [2.05, 4.69) is 31.1 Å². The summed E-state index contributed by atoms with van der Waals surface area (Å²) in [5.41, 5.74) is 9.23. The molecule has 0 radical (unpaired) electrons. The van der Waals surface area contributed by atoms with Gasteiger partial charge in [-0.1, -0.05) is 30.3 Å². The second kappa shape index (κ2) is 3.77. The van der Waals surface area contributed by atoms with Gasteiger partial charge in [-0.2, -0.15) is 5.10 Å². The molecule has 2 aromatic rings. The molecule has 0 unspecified atom stereocenters. The van der Waals surface area contributed by atoms with Crippen molar-refractivity contribution in [3.8, 4) is 11.1 Å². The van der Waals surface area contributed by atoms with Gasteiger partial charge in [0.05, 0.1) is 0 Å². The van der Waals surface area contributed by atoms with Crippen molar-refractivity contribution in [3.63, 3.8) is 0 Å². The molecule has 15 heavy (non-hydrogen) atoms. The van der Waals surface area contributed by atoms with E-state index in [1.54, 1.807) is 0 Å². The summed E-state index contributed by atoms with van der Waals surface area (Å²) in [5, 5.41) is 4.30. The fourth-order valence-corrected chi connectivity index (χ4v) is 1.84. The molecule has 1 aromatic heterocycles. The van der Waals surface area contributed by atoms with Crippen LogP contribution in [0.4, 0.5) is 5.82 Å². The molecule has 0 amide bonds. The fourth-order valence-electron chi connectivity index (χ4n) is 1.84. The van der Waals surface area contributed by atoms with E-state index in [0.717, 1.165) is 23.4 Å². The maximum absolute atomic E-state index is 5.92. The maximum Gasteiger partial charge on any atom is 0.153 e. The van der Waals surface area contributed by atoms with E-state index < -0.39 is 0 Å². The van der Waals surface area contributed by atoms with E-state index in [1.165, 1.54) is 0 Å². The number of rotatable bonds is 2. The summed E-state index contributed by atoms with van der Waals surface area (Å²) >= 11 is 0. The molecule has 3 heteroatoms. The first-order valence-corrected chi connectivity index (χ1v) is 5.12. The van der Waals surface area contributed by atoms with E-state index >= 15 is 0 Å². The van der Waals surface area contributed by atoms with E-state index in [9.17, 15) is 0 Å². The highest BCUT2D eigenvalue weighted by Crippen LogP contribution is 2.28. The molecule has 1 aromatic carbocycles. The number of benzene rings is 1. The number of anilines is 1. The standard InChI is InChI=1S/C12H15N3/c1-3-15-9(2)11(12(13)14-15)10-7-5-4-6-8-10/h4-8H,3H2,1-2H3,(H2,13,14). The number of nitrogen functional groups attached to an aromatic ring is 1. The van der Waals surface area contributed by atoms with Crippen LogP contribution in [0.1, 0.15) is 12.6 Å². The Morgan fingerprint density at radius 2 is 1.93 bits per heavy atom. The molecule has 0 aliphatic carbocycles. The van der Waals surface area contributed by atoms with Gasteiger partial charge in [0, 0.05) is 17.8 Å². The van der Waals surface area contributed by atoms with Crippen LogP contribution in [0, 0.1) is 6.92 Å². The van der Waals surface area contributed by atoms with Gasteiger partial charge in [-0.15, -0.1) is 0 Å². The molecular formula is C12H15N3. The third-order valence-electron chi connectivity index (χ3n) is 2.60. The molecule has 0 aliphatic rings. The Kier molecular flexibility index (Phi) is 2.46. The zero-order valence-corrected chi connectivity index (χ0v) is 9.07. The van der Waals surface area contributed by atoms with Crippen molar-refractivity contribution >= 4 is 5.82 Å². The van der Waals surface area contributed by atoms with Gasteiger partial charge in [-0.25, -0.2) is 0 Å². The van der Waals surface area contributed by atoms with Crippen molar-refractivity contribution in [2.45, 2.75) is 20.4 Å². The minimum Gasteiger partial charge on any atom is -0.382 e. The summed E-state index contributed by atoms with van der Waals surface area (Å²) in [6.07, 6.45) is 0. The monoisotopic (exact) mass is 201 g/mol. The van der Waals surface area contributed by atoms with Gasteiger partial charge in [-0.3, -0.25) is 4.68 Å². The second-order valence-corrected chi connectivity index (χ2v) is 3.53. The zero-order valence-electron chi connectivity index (χ0n) is 9.07. The topological polar surface area (TPSA) is 43.8 Å². The van der Waals surface area contributed by atoms with Crippen LogP contribution in [-0.2, 0) is 6.54 Å². The number of hydrogen-bond donors (Lipinski definition) is 1. The highest BCUT2D eigenvalue weighted by atomic mass is 15.3. The predicted molar refractivity (Wildman–Crippen MR) is 62.5 cm³/mol. The van der Waals surface area contributed by atoms with Crippen molar-refractivity contribution in [2.75, 3.05) is 5.73 Å². The van der Waals surface area contributed by atoms with Crippen LogP contribution in [0.5, 0.6) is 0 Å². The Hall–Kier alpha value is -1.77. The summed E-state index contributed by atoms with van der Waals surface area (Å²) in [6.45, 7) is 4.96. The summed E-state index contributed by atoms with van der Waals surface area (Å²) in [5.74, 6) is 0.612. The fraction of sp³-hybridized carbons (Fsp3) is 0.250. The molecule has 1 heterocycles. The van der Waals surface area contributed by atoms with Crippen LogP contribution in [0.25, 0.3) is 11.1 Å². The highest BCUT2D eigenvalue weighted by molar-refractivity contribution is 5.76. The zero-order chi connectivity index (χ0) is 10.8. The molecule has 0 saturated heterocycles. The first-order valence-electron chi connectivity index (χ1n) is 5.12. The Balaban J connectivity index is 2.58. The van der Waals surface area contributed by atoms with Gasteiger partial charge >= 0.3 is 0 Å². The van der Waals surface area contributed by atoms with Gasteiger partial charge in [0.2, 0.25) is 0 Å². The quantitative estimate of drug-likeness (QED) is 0.811. The number of nitrogens with two attached hydrogens (primary N) is 1. The first kappa shape index (κ1) is 9.77. The Labute approximate surface area is 89.5 Å². The van der Waals surface area contributed by atoms with Crippen molar-refractivity contribution in [1.82, 2.24) is 9.78 Å². The summed E-state index contributed by atoms with van der Waals surface area (Å²) < 4.78 is 1.93. The lowest BCUT2D eigenvalue weighted by Crippen LogP contribution is -1.99. The van der Waals surface area contributed by atoms with Gasteiger partial charge in [0.25, 0.3) is 0 Å². The summed E-state index contributed by atoms with van der Waals surface area (Å²) in [6, 6.07) is 10.1. The molecule has 0 aliphatic heterocycles. The lowest BCUT2D eigenvalue weighted by molar-refractivity contribution is 0.643. The van der Waals surface area contributed by atoms with E-state index in [-0.39, 0.29) is 0 Å². The average molecular weight is 201 g/mol. The van der Waals surface area contributed by atoms with Crippen LogP contribution < -0.4 is 5.73 Å². The van der Waals surface area contributed by atoms with E-state index in [4.69, 9.17) is 5.73 Å². The third-order valence-corrected chi connectivity index (χ3v) is 2.60. The number of aryl methyl sites for hydroxylation is 1. The lowest BCUT2D eigenvalue weighted by Gasteiger charge is -2.02. The molecular weight excluding hydrogens is 186 g/mol. The van der Waals surface area contributed by atoms with Gasteiger partial charge < -0.3 is 5.73 Å². The van der Waals surface area contributed by atoms with Gasteiger partial charge in [-0.05, 0) is 19.4 Å². The van der Waals surface area contributed by atoms with Crippen LogP contribution in [0.2, 0.25) is 0 Å². The summed E-state index contributed by atoms with van der Waals surface area (Å²) in [7, 11) is 0. The van der Waals surface area contributed by atoms with Crippen molar-refractivity contribution in [1.29, 1.82) is 0 Å². The first-order chi connectivity index (χ1) is 7.24. The highest BCUT2D eigenvalue weighted by Gasteiger charge is 2.12. The van der Waals surface area contributed by atoms with Gasteiger partial charge in [0.15, 0.2) is 5.82 Å². The van der Waals surface area contributed by atoms with Crippen LogP contribution in [0.15, 0.2) is 30.3 Å². The van der Waals surface area contributed by atoms with Crippen LogP contribution in [0.3, 0.4) is 0 Å². The maximum atomic E-state index is 5.92. The molecule has 0 atom stereocenters. The molecule has 0 bridgehead atoms. The molecule has 0 spiro atoms. The lowest BCUT2D eigenvalue weighted by atomic mass is 10.1. The van der Waals surface area contributed by atoms with E-state index in [1.807, 2.05) is 22.9 Å². The number of hydrogen-bond acceptors (Lipinski definition) is 2.